The number of methoxy groups -OCH3 is 1. The van der Waals surface area contributed by atoms with E-state index in [2.05, 4.69) is 0 Å². The topological polar surface area (TPSA) is 38.8 Å². The first-order valence-electron chi connectivity index (χ1n) is 5.06. The second-order valence-electron chi connectivity index (χ2n) is 3.67. The first-order valence-corrected chi connectivity index (χ1v) is 5.06. The number of likely N-dealkylation sites (N-methyl/N-ethyl adjacent to an activating group) is 1. The molecule has 0 heterocycles. The molecular formula is C12H17NO3. The molecule has 0 fully saturated rings. The summed E-state index contributed by atoms with van der Waals surface area (Å²) in [6.07, 6.45) is -0.498. The van der Waals surface area contributed by atoms with E-state index < -0.39 is 6.10 Å². The van der Waals surface area contributed by atoms with Gasteiger partial charge in [0.25, 0.3) is 5.91 Å². The predicted molar refractivity (Wildman–Crippen MR) is 61.8 cm³/mol. The Balaban J connectivity index is 2.69. The summed E-state index contributed by atoms with van der Waals surface area (Å²) in [5.74, 6) is 1.27. The van der Waals surface area contributed by atoms with Gasteiger partial charge in [0.2, 0.25) is 0 Å². The Morgan fingerprint density at radius 2 is 1.94 bits per heavy atom. The lowest BCUT2D eigenvalue weighted by Crippen LogP contribution is -2.35. The summed E-state index contributed by atoms with van der Waals surface area (Å²) in [5.41, 5.74) is 0. The fourth-order valence-electron chi connectivity index (χ4n) is 1.29. The zero-order chi connectivity index (χ0) is 12.1. The summed E-state index contributed by atoms with van der Waals surface area (Å²) in [6, 6.07) is 7.19. The van der Waals surface area contributed by atoms with E-state index in [9.17, 15) is 4.79 Å². The van der Waals surface area contributed by atoms with E-state index in [0.717, 1.165) is 0 Å². The molecule has 16 heavy (non-hydrogen) atoms. The van der Waals surface area contributed by atoms with Gasteiger partial charge in [-0.3, -0.25) is 4.79 Å². The number of carbonyl (C=O) groups is 1. The van der Waals surface area contributed by atoms with E-state index in [1.165, 1.54) is 4.90 Å². The van der Waals surface area contributed by atoms with E-state index in [0.29, 0.717) is 11.5 Å². The molecule has 0 aliphatic heterocycles. The molecular weight excluding hydrogens is 206 g/mol. The van der Waals surface area contributed by atoms with Crippen molar-refractivity contribution < 1.29 is 14.3 Å². The molecule has 0 aromatic heterocycles. The van der Waals surface area contributed by atoms with E-state index in [4.69, 9.17) is 9.47 Å². The Labute approximate surface area is 95.8 Å². The van der Waals surface area contributed by atoms with Crippen LogP contribution in [0.5, 0.6) is 11.5 Å². The van der Waals surface area contributed by atoms with Crippen LogP contribution in [0.25, 0.3) is 0 Å². The van der Waals surface area contributed by atoms with Crippen LogP contribution in [0.1, 0.15) is 6.92 Å². The molecule has 88 valence electrons. The van der Waals surface area contributed by atoms with Gasteiger partial charge in [-0.25, -0.2) is 0 Å². The molecule has 1 aromatic carbocycles. The van der Waals surface area contributed by atoms with E-state index in [-0.39, 0.29) is 5.91 Å². The minimum atomic E-state index is -0.498. The number of rotatable bonds is 4. The van der Waals surface area contributed by atoms with Gasteiger partial charge in [-0.1, -0.05) is 6.07 Å². The second-order valence-corrected chi connectivity index (χ2v) is 3.67. The van der Waals surface area contributed by atoms with Crippen LogP contribution in [0, 0.1) is 0 Å². The third kappa shape index (κ3) is 3.15. The van der Waals surface area contributed by atoms with Gasteiger partial charge in [0.05, 0.1) is 7.11 Å². The normalized spacial score (nSPS) is 11.8. The molecule has 0 radical (unpaired) electrons. The third-order valence-electron chi connectivity index (χ3n) is 2.14. The summed E-state index contributed by atoms with van der Waals surface area (Å²) in [4.78, 5) is 13.1. The maximum absolute atomic E-state index is 11.6. The molecule has 0 saturated heterocycles. The van der Waals surface area contributed by atoms with Gasteiger partial charge >= 0.3 is 0 Å². The molecule has 1 rings (SSSR count). The van der Waals surface area contributed by atoms with Crippen molar-refractivity contribution in [3.05, 3.63) is 24.3 Å². The van der Waals surface area contributed by atoms with Crippen molar-refractivity contribution in [3.63, 3.8) is 0 Å². The van der Waals surface area contributed by atoms with Crippen LogP contribution in [0.4, 0.5) is 0 Å². The van der Waals surface area contributed by atoms with Gasteiger partial charge in [0, 0.05) is 20.2 Å². The molecule has 0 spiro atoms. The van der Waals surface area contributed by atoms with Crippen LogP contribution in [0.2, 0.25) is 0 Å². The smallest absolute Gasteiger partial charge is 0.262 e. The van der Waals surface area contributed by atoms with Crippen molar-refractivity contribution in [1.29, 1.82) is 0 Å². The summed E-state index contributed by atoms with van der Waals surface area (Å²) in [6.45, 7) is 1.72. The number of ether oxygens (including phenoxy) is 2. The average Bonchev–Trinajstić information content (AvgIpc) is 2.28. The lowest BCUT2D eigenvalue weighted by molar-refractivity contribution is -0.135. The summed E-state index contributed by atoms with van der Waals surface area (Å²) in [5, 5.41) is 0. The maximum Gasteiger partial charge on any atom is 0.262 e. The molecule has 4 nitrogen and oxygen atoms in total. The third-order valence-corrected chi connectivity index (χ3v) is 2.14. The number of carbonyl (C=O) groups excluding carboxylic acids is 1. The maximum atomic E-state index is 11.6. The molecule has 0 unspecified atom stereocenters. The molecule has 0 saturated carbocycles. The standard InChI is InChI=1S/C12H17NO3/c1-9(12(14)13(2)3)16-11-7-5-6-10(8-11)15-4/h5-9H,1-4H3/t9-/m0/s1. The van der Waals surface area contributed by atoms with Crippen LogP contribution in [0.15, 0.2) is 24.3 Å². The SMILES string of the molecule is COc1cccc(O[C@@H](C)C(=O)N(C)C)c1. The van der Waals surface area contributed by atoms with Crippen LogP contribution >= 0.6 is 0 Å². The van der Waals surface area contributed by atoms with Crippen molar-refractivity contribution in [2.75, 3.05) is 21.2 Å². The van der Waals surface area contributed by atoms with Crippen molar-refractivity contribution in [1.82, 2.24) is 4.90 Å². The second kappa shape index (κ2) is 5.39. The highest BCUT2D eigenvalue weighted by atomic mass is 16.5. The number of hydrogen-bond acceptors (Lipinski definition) is 3. The predicted octanol–water partition coefficient (Wildman–Crippen LogP) is 1.55. The van der Waals surface area contributed by atoms with Crippen LogP contribution in [-0.4, -0.2) is 38.1 Å². The Hall–Kier alpha value is -1.71. The molecule has 4 heteroatoms. The Morgan fingerprint density at radius 3 is 2.50 bits per heavy atom. The summed E-state index contributed by atoms with van der Waals surface area (Å²) < 4.78 is 10.6. The van der Waals surface area contributed by atoms with Crippen LogP contribution in [-0.2, 0) is 4.79 Å². The lowest BCUT2D eigenvalue weighted by Gasteiger charge is -2.18. The van der Waals surface area contributed by atoms with Crippen molar-refractivity contribution in [2.24, 2.45) is 0 Å². The van der Waals surface area contributed by atoms with E-state index in [1.54, 1.807) is 40.3 Å². The van der Waals surface area contributed by atoms with Crippen LogP contribution in [0.3, 0.4) is 0 Å². The Kier molecular flexibility index (Phi) is 4.17. The molecule has 0 N–H and O–H groups in total. The fourth-order valence-corrected chi connectivity index (χ4v) is 1.29. The van der Waals surface area contributed by atoms with Crippen molar-refractivity contribution in [3.8, 4) is 11.5 Å². The molecule has 0 bridgehead atoms. The Morgan fingerprint density at radius 1 is 1.31 bits per heavy atom. The summed E-state index contributed by atoms with van der Waals surface area (Å²) >= 11 is 0. The lowest BCUT2D eigenvalue weighted by atomic mass is 10.3. The highest BCUT2D eigenvalue weighted by molar-refractivity contribution is 5.80. The average molecular weight is 223 g/mol. The van der Waals surface area contributed by atoms with Gasteiger partial charge in [0.15, 0.2) is 6.10 Å². The largest absolute Gasteiger partial charge is 0.497 e. The molecule has 0 aliphatic carbocycles. The zero-order valence-corrected chi connectivity index (χ0v) is 10.1. The molecule has 0 aliphatic rings. The monoisotopic (exact) mass is 223 g/mol. The Bertz CT molecular complexity index is 363. The van der Waals surface area contributed by atoms with Gasteiger partial charge in [-0.2, -0.15) is 0 Å². The first-order chi connectivity index (χ1) is 7.54. The van der Waals surface area contributed by atoms with E-state index >= 15 is 0 Å². The first kappa shape index (κ1) is 12.4. The van der Waals surface area contributed by atoms with Gasteiger partial charge in [-0.05, 0) is 19.1 Å². The molecule has 1 amide bonds. The highest BCUT2D eigenvalue weighted by Gasteiger charge is 2.16. The quantitative estimate of drug-likeness (QED) is 0.777. The van der Waals surface area contributed by atoms with Crippen molar-refractivity contribution >= 4 is 5.91 Å². The minimum absolute atomic E-state index is 0.0668. The zero-order valence-electron chi connectivity index (χ0n) is 10.1. The summed E-state index contributed by atoms with van der Waals surface area (Å²) in [7, 11) is 5.00. The number of amides is 1. The van der Waals surface area contributed by atoms with Crippen molar-refractivity contribution in [2.45, 2.75) is 13.0 Å². The minimum Gasteiger partial charge on any atom is -0.497 e. The number of benzene rings is 1. The molecule has 1 aromatic rings. The van der Waals surface area contributed by atoms with Gasteiger partial charge < -0.3 is 14.4 Å². The van der Waals surface area contributed by atoms with Crippen LogP contribution < -0.4 is 9.47 Å². The van der Waals surface area contributed by atoms with Gasteiger partial charge in [0.1, 0.15) is 11.5 Å². The fraction of sp³-hybridized carbons (Fsp3) is 0.417. The molecule has 1 atom stereocenters. The van der Waals surface area contributed by atoms with E-state index in [1.807, 2.05) is 12.1 Å². The van der Waals surface area contributed by atoms with Gasteiger partial charge in [-0.15, -0.1) is 0 Å². The highest BCUT2D eigenvalue weighted by Crippen LogP contribution is 2.20. The number of hydrogen-bond donors (Lipinski definition) is 0. The number of nitrogens with zero attached hydrogens (tertiary/aromatic N) is 1.